The van der Waals surface area contributed by atoms with Gasteiger partial charge in [0.05, 0.1) is 5.69 Å². The lowest BCUT2D eigenvalue weighted by atomic mass is 10.0. The molecule has 84 valence electrons. The molecule has 2 rings (SSSR count). The molecule has 1 aromatic heterocycles. The fraction of sp³-hybridized carbons (Fsp3) is 0.250. The number of nitrogens with two attached hydrogens (primary N) is 1. The smallest absolute Gasteiger partial charge is 0.0643 e. The van der Waals surface area contributed by atoms with Crippen LogP contribution in [-0.4, -0.2) is 9.78 Å². The zero-order valence-electron chi connectivity index (χ0n) is 9.10. The second-order valence-corrected chi connectivity index (χ2v) is 4.28. The molecule has 1 heterocycles. The predicted octanol–water partition coefficient (Wildman–Crippen LogP) is 2.32. The van der Waals surface area contributed by atoms with Gasteiger partial charge in [-0.25, -0.2) is 0 Å². The van der Waals surface area contributed by atoms with Gasteiger partial charge in [0, 0.05) is 30.7 Å². The van der Waals surface area contributed by atoms with Crippen molar-refractivity contribution < 1.29 is 0 Å². The van der Waals surface area contributed by atoms with E-state index in [2.05, 4.69) is 5.10 Å². The Bertz CT molecular complexity index is 479. The second-order valence-electron chi connectivity index (χ2n) is 3.85. The molecule has 0 spiro atoms. The first-order valence-corrected chi connectivity index (χ1v) is 5.52. The average molecular weight is 236 g/mol. The van der Waals surface area contributed by atoms with Crippen LogP contribution in [0.3, 0.4) is 0 Å². The Labute approximate surface area is 99.8 Å². The Morgan fingerprint density at radius 3 is 2.88 bits per heavy atom. The van der Waals surface area contributed by atoms with Gasteiger partial charge in [-0.05, 0) is 23.8 Å². The highest BCUT2D eigenvalue weighted by molar-refractivity contribution is 6.30. The number of nitrogens with zero attached hydrogens (tertiary/aromatic N) is 2. The number of halogens is 1. The van der Waals surface area contributed by atoms with E-state index in [0.717, 1.165) is 17.7 Å². The summed E-state index contributed by atoms with van der Waals surface area (Å²) in [7, 11) is 1.90. The van der Waals surface area contributed by atoms with Gasteiger partial charge in [0.1, 0.15) is 0 Å². The topological polar surface area (TPSA) is 43.8 Å². The molecular formula is C12H14ClN3. The molecule has 3 nitrogen and oxygen atoms in total. The van der Waals surface area contributed by atoms with Crippen LogP contribution >= 0.6 is 11.6 Å². The van der Waals surface area contributed by atoms with Crippen molar-refractivity contribution in [1.82, 2.24) is 9.78 Å². The fourth-order valence-corrected chi connectivity index (χ4v) is 1.85. The van der Waals surface area contributed by atoms with Gasteiger partial charge in [0.25, 0.3) is 0 Å². The maximum absolute atomic E-state index is 6.10. The molecule has 1 atom stereocenters. The van der Waals surface area contributed by atoms with E-state index in [1.54, 1.807) is 4.68 Å². The van der Waals surface area contributed by atoms with Crippen LogP contribution in [0.5, 0.6) is 0 Å². The van der Waals surface area contributed by atoms with Crippen molar-refractivity contribution in [3.05, 3.63) is 52.8 Å². The van der Waals surface area contributed by atoms with Crippen LogP contribution in [0.1, 0.15) is 17.3 Å². The molecule has 4 heteroatoms. The lowest BCUT2D eigenvalue weighted by molar-refractivity contribution is 0.675. The fourth-order valence-electron chi connectivity index (χ4n) is 1.65. The van der Waals surface area contributed by atoms with Crippen LogP contribution in [0.2, 0.25) is 5.02 Å². The van der Waals surface area contributed by atoms with E-state index in [4.69, 9.17) is 17.3 Å². The lowest BCUT2D eigenvalue weighted by Gasteiger charge is -2.10. The van der Waals surface area contributed by atoms with Crippen molar-refractivity contribution in [3.63, 3.8) is 0 Å². The summed E-state index contributed by atoms with van der Waals surface area (Å²) < 4.78 is 1.78. The largest absolute Gasteiger partial charge is 0.324 e. The molecule has 0 fully saturated rings. The van der Waals surface area contributed by atoms with Crippen LogP contribution in [0.15, 0.2) is 36.5 Å². The predicted molar refractivity (Wildman–Crippen MR) is 65.3 cm³/mol. The Balaban J connectivity index is 2.11. The molecule has 0 bridgehead atoms. The molecule has 1 aromatic carbocycles. The molecule has 0 saturated heterocycles. The van der Waals surface area contributed by atoms with Gasteiger partial charge in [-0.15, -0.1) is 0 Å². The zero-order valence-corrected chi connectivity index (χ0v) is 9.85. The van der Waals surface area contributed by atoms with Crippen LogP contribution < -0.4 is 5.73 Å². The minimum Gasteiger partial charge on any atom is -0.324 e. The molecule has 0 saturated carbocycles. The van der Waals surface area contributed by atoms with Crippen LogP contribution in [0, 0.1) is 0 Å². The van der Waals surface area contributed by atoms with E-state index in [1.807, 2.05) is 43.6 Å². The van der Waals surface area contributed by atoms with Crippen molar-refractivity contribution in [3.8, 4) is 0 Å². The first kappa shape index (κ1) is 11.2. The maximum Gasteiger partial charge on any atom is 0.0643 e. The van der Waals surface area contributed by atoms with Gasteiger partial charge in [0.2, 0.25) is 0 Å². The van der Waals surface area contributed by atoms with E-state index < -0.39 is 0 Å². The van der Waals surface area contributed by atoms with Gasteiger partial charge in [-0.2, -0.15) is 5.10 Å². The van der Waals surface area contributed by atoms with Gasteiger partial charge in [0.15, 0.2) is 0 Å². The molecule has 0 radical (unpaired) electrons. The highest BCUT2D eigenvalue weighted by atomic mass is 35.5. The van der Waals surface area contributed by atoms with E-state index in [1.165, 1.54) is 0 Å². The maximum atomic E-state index is 6.10. The van der Waals surface area contributed by atoms with Crippen molar-refractivity contribution in [1.29, 1.82) is 0 Å². The number of benzene rings is 1. The summed E-state index contributed by atoms with van der Waals surface area (Å²) in [4.78, 5) is 0. The van der Waals surface area contributed by atoms with Gasteiger partial charge < -0.3 is 5.73 Å². The Hall–Kier alpha value is -1.32. The SMILES string of the molecule is Cn1ccc(CC(N)c2cccc(Cl)c2)n1. The molecule has 2 N–H and O–H groups in total. The summed E-state index contributed by atoms with van der Waals surface area (Å²) in [6.45, 7) is 0. The van der Waals surface area contributed by atoms with Crippen LogP contribution in [-0.2, 0) is 13.5 Å². The van der Waals surface area contributed by atoms with E-state index in [9.17, 15) is 0 Å². The minimum atomic E-state index is -0.0615. The third kappa shape index (κ3) is 2.62. The molecule has 0 aliphatic heterocycles. The van der Waals surface area contributed by atoms with Gasteiger partial charge in [-0.3, -0.25) is 4.68 Å². The standard InChI is InChI=1S/C12H14ClN3/c1-16-6-5-11(15-16)8-12(14)9-3-2-4-10(13)7-9/h2-7,12H,8,14H2,1H3. The van der Waals surface area contributed by atoms with Crippen molar-refractivity contribution in [2.24, 2.45) is 12.8 Å². The van der Waals surface area contributed by atoms with Crippen molar-refractivity contribution in [2.75, 3.05) is 0 Å². The Morgan fingerprint density at radius 2 is 2.25 bits per heavy atom. The molecule has 0 amide bonds. The molecule has 2 aromatic rings. The van der Waals surface area contributed by atoms with E-state index in [-0.39, 0.29) is 6.04 Å². The summed E-state index contributed by atoms with van der Waals surface area (Å²) in [5.74, 6) is 0. The van der Waals surface area contributed by atoms with Crippen LogP contribution in [0.4, 0.5) is 0 Å². The summed E-state index contributed by atoms with van der Waals surface area (Å²) >= 11 is 5.92. The minimum absolute atomic E-state index is 0.0615. The van der Waals surface area contributed by atoms with Gasteiger partial charge in [-0.1, -0.05) is 23.7 Å². The monoisotopic (exact) mass is 235 g/mol. The summed E-state index contributed by atoms with van der Waals surface area (Å²) in [6, 6.07) is 9.56. The number of aromatic nitrogens is 2. The lowest BCUT2D eigenvalue weighted by Crippen LogP contribution is -2.13. The molecule has 0 aliphatic rings. The molecular weight excluding hydrogens is 222 g/mol. The molecule has 16 heavy (non-hydrogen) atoms. The normalized spacial score (nSPS) is 12.7. The van der Waals surface area contributed by atoms with Crippen molar-refractivity contribution >= 4 is 11.6 Å². The summed E-state index contributed by atoms with van der Waals surface area (Å²) in [5, 5.41) is 5.02. The highest BCUT2D eigenvalue weighted by Gasteiger charge is 2.09. The third-order valence-corrected chi connectivity index (χ3v) is 2.71. The van der Waals surface area contributed by atoms with Crippen molar-refractivity contribution in [2.45, 2.75) is 12.5 Å². The second kappa shape index (κ2) is 4.68. The van der Waals surface area contributed by atoms with E-state index in [0.29, 0.717) is 5.02 Å². The number of hydrogen-bond donors (Lipinski definition) is 1. The Morgan fingerprint density at radius 1 is 1.44 bits per heavy atom. The highest BCUT2D eigenvalue weighted by Crippen LogP contribution is 2.18. The quantitative estimate of drug-likeness (QED) is 0.887. The third-order valence-electron chi connectivity index (χ3n) is 2.47. The van der Waals surface area contributed by atoms with Gasteiger partial charge >= 0.3 is 0 Å². The first-order valence-electron chi connectivity index (χ1n) is 5.15. The first-order chi connectivity index (χ1) is 7.65. The summed E-state index contributed by atoms with van der Waals surface area (Å²) in [6.07, 6.45) is 2.64. The molecule has 0 aliphatic carbocycles. The summed E-state index contributed by atoms with van der Waals surface area (Å²) in [5.41, 5.74) is 8.13. The Kier molecular flexibility index (Phi) is 3.27. The van der Waals surface area contributed by atoms with Crippen LogP contribution in [0.25, 0.3) is 0 Å². The average Bonchev–Trinajstić information content (AvgIpc) is 2.64. The van der Waals surface area contributed by atoms with E-state index >= 15 is 0 Å². The molecule has 1 unspecified atom stereocenters. The number of aryl methyl sites for hydroxylation is 1. The number of hydrogen-bond acceptors (Lipinski definition) is 2. The zero-order chi connectivity index (χ0) is 11.5. The number of rotatable bonds is 3.